The van der Waals surface area contributed by atoms with Gasteiger partial charge in [-0.15, -0.1) is 0 Å². The van der Waals surface area contributed by atoms with Crippen molar-refractivity contribution < 1.29 is 4.79 Å². The summed E-state index contributed by atoms with van der Waals surface area (Å²) in [4.78, 5) is 24.0. The van der Waals surface area contributed by atoms with Crippen LogP contribution in [0.1, 0.15) is 15.9 Å². The van der Waals surface area contributed by atoms with E-state index in [1.54, 1.807) is 37.6 Å². The number of rotatable bonds is 7. The smallest absolute Gasteiger partial charge is 0.252 e. The first-order chi connectivity index (χ1) is 12.2. The predicted molar refractivity (Wildman–Crippen MR) is 98.9 cm³/mol. The van der Waals surface area contributed by atoms with E-state index < -0.39 is 0 Å². The van der Waals surface area contributed by atoms with Gasteiger partial charge in [0.2, 0.25) is 0 Å². The Bertz CT molecular complexity index is 690. The molecule has 0 spiro atoms. The van der Waals surface area contributed by atoms with Crippen LogP contribution in [0.25, 0.3) is 0 Å². The molecule has 2 aromatic heterocycles. The van der Waals surface area contributed by atoms with Crippen molar-refractivity contribution in [3.63, 3.8) is 0 Å². The fraction of sp³-hybridized carbons (Fsp3) is 0.294. The number of carbonyl (C=O) groups is 1. The van der Waals surface area contributed by atoms with Gasteiger partial charge in [0.05, 0.1) is 5.56 Å². The number of aliphatic imine (C=N–C) groups is 1. The van der Waals surface area contributed by atoms with Gasteiger partial charge in [-0.25, -0.2) is 4.98 Å². The number of hydrogen-bond donors (Lipinski definition) is 3. The van der Waals surface area contributed by atoms with Crippen molar-refractivity contribution in [1.29, 1.82) is 0 Å². The third kappa shape index (κ3) is 6.76. The summed E-state index contributed by atoms with van der Waals surface area (Å²) in [6.07, 6.45) is 5.74. The Morgan fingerprint density at radius 2 is 1.92 bits per heavy atom. The largest absolute Gasteiger partial charge is 0.356 e. The lowest BCUT2D eigenvalue weighted by Crippen LogP contribution is -2.42. The number of carbonyl (C=O) groups excluding carboxylic acids is 1. The maximum atomic E-state index is 11.9. The van der Waals surface area contributed by atoms with Crippen molar-refractivity contribution in [2.75, 3.05) is 26.7 Å². The van der Waals surface area contributed by atoms with E-state index in [-0.39, 0.29) is 5.91 Å². The monoisotopic (exact) mass is 360 g/mol. The Kier molecular flexibility index (Phi) is 7.65. The minimum atomic E-state index is -0.145. The van der Waals surface area contributed by atoms with Gasteiger partial charge in [0.15, 0.2) is 5.96 Å². The summed E-state index contributed by atoms with van der Waals surface area (Å²) in [5.74, 6) is 0.533. The molecule has 25 heavy (non-hydrogen) atoms. The fourth-order valence-corrected chi connectivity index (χ4v) is 2.17. The summed E-state index contributed by atoms with van der Waals surface area (Å²) in [6.45, 7) is 1.76. The van der Waals surface area contributed by atoms with E-state index in [0.29, 0.717) is 36.3 Å². The Morgan fingerprint density at radius 1 is 1.12 bits per heavy atom. The number of pyridine rings is 2. The third-order valence-electron chi connectivity index (χ3n) is 3.35. The minimum absolute atomic E-state index is 0.145. The van der Waals surface area contributed by atoms with E-state index in [1.807, 2.05) is 6.07 Å². The normalized spacial score (nSPS) is 11.0. The van der Waals surface area contributed by atoms with E-state index in [0.717, 1.165) is 12.0 Å². The molecule has 0 unspecified atom stereocenters. The molecule has 0 aliphatic carbocycles. The lowest BCUT2D eigenvalue weighted by Gasteiger charge is -2.12. The number of halogens is 1. The van der Waals surface area contributed by atoms with Crippen LogP contribution in [0.5, 0.6) is 0 Å². The van der Waals surface area contributed by atoms with E-state index in [9.17, 15) is 4.79 Å². The van der Waals surface area contributed by atoms with Crippen LogP contribution in [0, 0.1) is 0 Å². The first kappa shape index (κ1) is 18.7. The van der Waals surface area contributed by atoms with Crippen LogP contribution in [0.3, 0.4) is 0 Å². The average Bonchev–Trinajstić information content (AvgIpc) is 2.65. The maximum Gasteiger partial charge on any atom is 0.252 e. The number of guanidine groups is 1. The second-order valence-corrected chi connectivity index (χ2v) is 5.55. The van der Waals surface area contributed by atoms with Crippen molar-refractivity contribution in [1.82, 2.24) is 25.9 Å². The number of hydrogen-bond acceptors (Lipinski definition) is 4. The highest BCUT2D eigenvalue weighted by atomic mass is 35.5. The second kappa shape index (κ2) is 10.2. The third-order valence-corrected chi connectivity index (χ3v) is 3.57. The fourth-order valence-electron chi connectivity index (χ4n) is 2.06. The van der Waals surface area contributed by atoms with Crippen molar-refractivity contribution >= 4 is 23.5 Å². The minimum Gasteiger partial charge on any atom is -0.356 e. The van der Waals surface area contributed by atoms with Gasteiger partial charge in [0.1, 0.15) is 5.15 Å². The lowest BCUT2D eigenvalue weighted by molar-refractivity contribution is 0.0954. The summed E-state index contributed by atoms with van der Waals surface area (Å²) in [5.41, 5.74) is 1.64. The molecule has 132 valence electrons. The molecule has 2 heterocycles. The van der Waals surface area contributed by atoms with Crippen LogP contribution in [-0.2, 0) is 6.42 Å². The van der Waals surface area contributed by atoms with Crippen LogP contribution in [0.2, 0.25) is 5.15 Å². The molecule has 0 aliphatic heterocycles. The number of amides is 1. The van der Waals surface area contributed by atoms with E-state index in [4.69, 9.17) is 11.6 Å². The number of nitrogens with one attached hydrogen (secondary N) is 3. The molecule has 0 aromatic carbocycles. The SMILES string of the molecule is CN=C(NCCNC(=O)c1cccnc1)NCCc1ccc(Cl)nc1. The molecule has 8 heteroatoms. The topological polar surface area (TPSA) is 91.3 Å². The zero-order chi connectivity index (χ0) is 17.9. The Labute approximate surface area is 151 Å². The predicted octanol–water partition coefficient (Wildman–Crippen LogP) is 1.27. The molecular weight excluding hydrogens is 340 g/mol. The molecule has 3 N–H and O–H groups in total. The molecule has 0 fully saturated rings. The van der Waals surface area contributed by atoms with Gasteiger partial charge in [0, 0.05) is 45.3 Å². The molecule has 0 aliphatic rings. The highest BCUT2D eigenvalue weighted by molar-refractivity contribution is 6.29. The highest BCUT2D eigenvalue weighted by Crippen LogP contribution is 2.05. The molecule has 0 atom stereocenters. The Hall–Kier alpha value is -2.67. The quantitative estimate of drug-likeness (QED) is 0.299. The Balaban J connectivity index is 1.63. The van der Waals surface area contributed by atoms with Gasteiger partial charge >= 0.3 is 0 Å². The van der Waals surface area contributed by atoms with Gasteiger partial charge in [-0.3, -0.25) is 14.8 Å². The zero-order valence-electron chi connectivity index (χ0n) is 14.0. The molecule has 0 radical (unpaired) electrons. The maximum absolute atomic E-state index is 11.9. The Morgan fingerprint density at radius 3 is 2.60 bits per heavy atom. The first-order valence-corrected chi connectivity index (χ1v) is 8.30. The van der Waals surface area contributed by atoms with E-state index in [1.165, 1.54) is 6.20 Å². The van der Waals surface area contributed by atoms with Gasteiger partial charge < -0.3 is 16.0 Å². The highest BCUT2D eigenvalue weighted by Gasteiger charge is 2.04. The lowest BCUT2D eigenvalue weighted by atomic mass is 10.2. The van der Waals surface area contributed by atoms with Crippen LogP contribution < -0.4 is 16.0 Å². The van der Waals surface area contributed by atoms with Gasteiger partial charge in [-0.05, 0) is 30.2 Å². The summed E-state index contributed by atoms with van der Waals surface area (Å²) >= 11 is 5.76. The van der Waals surface area contributed by atoms with Crippen LogP contribution in [0.4, 0.5) is 0 Å². The van der Waals surface area contributed by atoms with Crippen LogP contribution in [-0.4, -0.2) is 48.5 Å². The molecule has 0 bridgehead atoms. The molecule has 0 saturated heterocycles. The van der Waals surface area contributed by atoms with Crippen molar-refractivity contribution in [3.8, 4) is 0 Å². The molecule has 7 nitrogen and oxygen atoms in total. The number of aromatic nitrogens is 2. The molecule has 0 saturated carbocycles. The van der Waals surface area contributed by atoms with Gasteiger partial charge in [-0.1, -0.05) is 17.7 Å². The second-order valence-electron chi connectivity index (χ2n) is 5.16. The molecular formula is C17H21ClN6O. The van der Waals surface area contributed by atoms with Gasteiger partial charge in [0.25, 0.3) is 5.91 Å². The van der Waals surface area contributed by atoms with E-state index >= 15 is 0 Å². The molecule has 1 amide bonds. The summed E-state index contributed by atoms with van der Waals surface area (Å²) in [6, 6.07) is 7.17. The first-order valence-electron chi connectivity index (χ1n) is 7.92. The van der Waals surface area contributed by atoms with Crippen molar-refractivity contribution in [2.24, 2.45) is 4.99 Å². The van der Waals surface area contributed by atoms with Crippen LogP contribution >= 0.6 is 11.6 Å². The average molecular weight is 361 g/mol. The number of nitrogens with zero attached hydrogens (tertiary/aromatic N) is 3. The van der Waals surface area contributed by atoms with E-state index in [2.05, 4.69) is 30.9 Å². The van der Waals surface area contributed by atoms with Crippen molar-refractivity contribution in [3.05, 3.63) is 59.1 Å². The zero-order valence-corrected chi connectivity index (χ0v) is 14.8. The molecule has 2 aromatic rings. The summed E-state index contributed by atoms with van der Waals surface area (Å²) < 4.78 is 0. The van der Waals surface area contributed by atoms with Crippen molar-refractivity contribution in [2.45, 2.75) is 6.42 Å². The summed E-state index contributed by atoms with van der Waals surface area (Å²) in [7, 11) is 1.70. The summed E-state index contributed by atoms with van der Waals surface area (Å²) in [5, 5.41) is 9.66. The van der Waals surface area contributed by atoms with Gasteiger partial charge in [-0.2, -0.15) is 0 Å². The standard InChI is InChI=1S/C17H21ClN6O/c1-19-17(22-8-6-13-4-5-15(18)24-11-13)23-10-9-21-16(25)14-3-2-7-20-12-14/h2-5,7,11-12H,6,8-10H2,1H3,(H,21,25)(H2,19,22,23). The van der Waals surface area contributed by atoms with Crippen LogP contribution in [0.15, 0.2) is 47.8 Å². The molecule has 2 rings (SSSR count).